The lowest BCUT2D eigenvalue weighted by Gasteiger charge is -2.22. The predicted molar refractivity (Wildman–Crippen MR) is 67.2 cm³/mol. The van der Waals surface area contributed by atoms with E-state index in [0.29, 0.717) is 12.1 Å². The zero-order valence-electron chi connectivity index (χ0n) is 11.4. The topological polar surface area (TPSA) is 44.1 Å². The third kappa shape index (κ3) is 3.66. The average molecular weight is 238 g/mol. The first-order valence-corrected chi connectivity index (χ1v) is 6.01. The maximum atomic E-state index is 12.0. The average Bonchev–Trinajstić information content (AvgIpc) is 2.68. The van der Waals surface area contributed by atoms with Gasteiger partial charge in [0.15, 0.2) is 5.78 Å². The second kappa shape index (κ2) is 5.45. The van der Waals surface area contributed by atoms with Gasteiger partial charge in [0.25, 0.3) is 0 Å². The molecule has 1 heterocycles. The molecule has 0 aliphatic heterocycles. The van der Waals surface area contributed by atoms with Gasteiger partial charge in [-0.1, -0.05) is 6.92 Å². The minimum absolute atomic E-state index is 0.129. The first kappa shape index (κ1) is 13.9. The molecule has 0 aliphatic carbocycles. The second-order valence-electron chi connectivity index (χ2n) is 4.89. The molecular weight excluding hydrogens is 216 g/mol. The van der Waals surface area contributed by atoms with Gasteiger partial charge in [0.2, 0.25) is 0 Å². The summed E-state index contributed by atoms with van der Waals surface area (Å²) in [5.41, 5.74) is 1.40. The molecule has 0 amide bonds. The van der Waals surface area contributed by atoms with E-state index in [1.165, 1.54) is 0 Å². The van der Waals surface area contributed by atoms with Crippen molar-refractivity contribution in [3.63, 3.8) is 0 Å². The number of aromatic nitrogens is 2. The largest absolute Gasteiger partial charge is 0.379 e. The van der Waals surface area contributed by atoms with Crippen LogP contribution in [0.2, 0.25) is 0 Å². The number of aryl methyl sites for hydroxylation is 2. The van der Waals surface area contributed by atoms with Crippen LogP contribution < -0.4 is 0 Å². The molecule has 0 saturated carbocycles. The van der Waals surface area contributed by atoms with E-state index in [-0.39, 0.29) is 11.4 Å². The first-order valence-electron chi connectivity index (χ1n) is 6.01. The fraction of sp³-hybridized carbons (Fsp3) is 0.692. The Hall–Kier alpha value is -1.16. The van der Waals surface area contributed by atoms with Crippen LogP contribution in [-0.2, 0) is 18.2 Å². The van der Waals surface area contributed by atoms with Crippen molar-refractivity contribution in [3.8, 4) is 0 Å². The number of methoxy groups -OCH3 is 1. The zero-order valence-corrected chi connectivity index (χ0v) is 11.4. The molecule has 1 rings (SSSR count). The molecule has 4 heteroatoms. The summed E-state index contributed by atoms with van der Waals surface area (Å²) in [5, 5.41) is 4.28. The molecule has 0 fully saturated rings. The van der Waals surface area contributed by atoms with Crippen LogP contribution in [0.25, 0.3) is 0 Å². The highest BCUT2D eigenvalue weighted by Crippen LogP contribution is 2.17. The van der Waals surface area contributed by atoms with Crippen molar-refractivity contribution in [2.45, 2.75) is 45.6 Å². The number of Topliss-reactive ketones (excluding diaryl/α,β-unsaturated/α-hetero) is 1. The summed E-state index contributed by atoms with van der Waals surface area (Å²) >= 11 is 0. The summed E-state index contributed by atoms with van der Waals surface area (Å²) in [6, 6.07) is 1.88. The zero-order chi connectivity index (χ0) is 13.1. The van der Waals surface area contributed by atoms with Crippen molar-refractivity contribution in [2.24, 2.45) is 7.05 Å². The van der Waals surface area contributed by atoms with E-state index in [4.69, 9.17) is 4.74 Å². The Kier molecular flexibility index (Phi) is 4.46. The standard InChI is InChI=1S/C13H22N2O2/c1-6-10-9-11(15(4)14-10)12(16)7-8-13(2,3)17-5/h9H,6-8H2,1-5H3. The van der Waals surface area contributed by atoms with Crippen molar-refractivity contribution in [2.75, 3.05) is 7.11 Å². The number of carbonyl (C=O) groups is 1. The van der Waals surface area contributed by atoms with Crippen LogP contribution in [-0.4, -0.2) is 28.3 Å². The molecule has 0 radical (unpaired) electrons. The summed E-state index contributed by atoms with van der Waals surface area (Å²) in [7, 11) is 3.48. The molecule has 1 aromatic heterocycles. The summed E-state index contributed by atoms with van der Waals surface area (Å²) in [5.74, 6) is 0.129. The molecule has 17 heavy (non-hydrogen) atoms. The lowest BCUT2D eigenvalue weighted by Crippen LogP contribution is -2.23. The van der Waals surface area contributed by atoms with Crippen LogP contribution in [0.1, 0.15) is 49.8 Å². The molecule has 0 N–H and O–H groups in total. The van der Waals surface area contributed by atoms with Crippen molar-refractivity contribution in [1.29, 1.82) is 0 Å². The smallest absolute Gasteiger partial charge is 0.180 e. The predicted octanol–water partition coefficient (Wildman–Crippen LogP) is 2.37. The van der Waals surface area contributed by atoms with E-state index in [1.807, 2.05) is 33.9 Å². The van der Waals surface area contributed by atoms with Crippen molar-refractivity contribution in [3.05, 3.63) is 17.5 Å². The van der Waals surface area contributed by atoms with Gasteiger partial charge in [0.1, 0.15) is 5.69 Å². The highest BCUT2D eigenvalue weighted by molar-refractivity contribution is 5.94. The third-order valence-corrected chi connectivity index (χ3v) is 3.09. The van der Waals surface area contributed by atoms with Gasteiger partial charge in [-0.25, -0.2) is 0 Å². The number of hydrogen-bond donors (Lipinski definition) is 0. The van der Waals surface area contributed by atoms with E-state index in [9.17, 15) is 4.79 Å². The summed E-state index contributed by atoms with van der Waals surface area (Å²) < 4.78 is 6.97. The Morgan fingerprint density at radius 2 is 2.18 bits per heavy atom. The van der Waals surface area contributed by atoms with Crippen molar-refractivity contribution in [1.82, 2.24) is 9.78 Å². The first-order chi connectivity index (χ1) is 7.89. The third-order valence-electron chi connectivity index (χ3n) is 3.09. The van der Waals surface area contributed by atoms with Gasteiger partial charge in [-0.2, -0.15) is 5.10 Å². The van der Waals surface area contributed by atoms with Gasteiger partial charge in [0.05, 0.1) is 11.3 Å². The molecule has 4 nitrogen and oxygen atoms in total. The fourth-order valence-electron chi connectivity index (χ4n) is 1.61. The monoisotopic (exact) mass is 238 g/mol. The quantitative estimate of drug-likeness (QED) is 0.715. The number of ether oxygens (including phenoxy) is 1. The second-order valence-corrected chi connectivity index (χ2v) is 4.89. The molecule has 0 saturated heterocycles. The molecule has 0 bridgehead atoms. The Balaban J connectivity index is 2.67. The Morgan fingerprint density at radius 1 is 1.53 bits per heavy atom. The van der Waals surface area contributed by atoms with Crippen molar-refractivity contribution >= 4 is 5.78 Å². The minimum Gasteiger partial charge on any atom is -0.379 e. The lowest BCUT2D eigenvalue weighted by atomic mass is 9.99. The highest BCUT2D eigenvalue weighted by atomic mass is 16.5. The van der Waals surface area contributed by atoms with Crippen LogP contribution in [0.3, 0.4) is 0 Å². The summed E-state index contributed by atoms with van der Waals surface area (Å²) in [4.78, 5) is 12.0. The van der Waals surface area contributed by atoms with Gasteiger partial charge in [-0.15, -0.1) is 0 Å². The van der Waals surface area contributed by atoms with E-state index in [2.05, 4.69) is 5.10 Å². The Bertz CT molecular complexity index is 394. The van der Waals surface area contributed by atoms with Crippen LogP contribution in [0.4, 0.5) is 0 Å². The summed E-state index contributed by atoms with van der Waals surface area (Å²) in [6.45, 7) is 6.01. The van der Waals surface area contributed by atoms with E-state index >= 15 is 0 Å². The summed E-state index contributed by atoms with van der Waals surface area (Å²) in [6.07, 6.45) is 2.06. The number of hydrogen-bond acceptors (Lipinski definition) is 3. The minimum atomic E-state index is -0.248. The number of ketones is 1. The van der Waals surface area contributed by atoms with E-state index in [0.717, 1.165) is 18.5 Å². The molecular formula is C13H22N2O2. The molecule has 1 aromatic rings. The molecule has 0 unspecified atom stereocenters. The van der Waals surface area contributed by atoms with Crippen LogP contribution in [0.5, 0.6) is 0 Å². The molecule has 96 valence electrons. The lowest BCUT2D eigenvalue weighted by molar-refractivity contribution is 0.0141. The van der Waals surface area contributed by atoms with Gasteiger partial charge >= 0.3 is 0 Å². The van der Waals surface area contributed by atoms with Gasteiger partial charge in [0, 0.05) is 20.6 Å². The molecule has 0 aliphatic rings. The normalized spacial score (nSPS) is 11.8. The van der Waals surface area contributed by atoms with Crippen LogP contribution >= 0.6 is 0 Å². The number of carbonyl (C=O) groups excluding carboxylic acids is 1. The van der Waals surface area contributed by atoms with Crippen LogP contribution in [0.15, 0.2) is 6.07 Å². The Labute approximate surface area is 103 Å². The van der Waals surface area contributed by atoms with Gasteiger partial charge in [-0.05, 0) is 32.8 Å². The number of nitrogens with zero attached hydrogens (tertiary/aromatic N) is 2. The van der Waals surface area contributed by atoms with Crippen molar-refractivity contribution < 1.29 is 9.53 Å². The molecule has 0 spiro atoms. The fourth-order valence-corrected chi connectivity index (χ4v) is 1.61. The molecule has 0 atom stereocenters. The maximum absolute atomic E-state index is 12.0. The van der Waals surface area contributed by atoms with Gasteiger partial charge < -0.3 is 4.74 Å². The maximum Gasteiger partial charge on any atom is 0.180 e. The Morgan fingerprint density at radius 3 is 2.65 bits per heavy atom. The van der Waals surface area contributed by atoms with E-state index < -0.39 is 0 Å². The van der Waals surface area contributed by atoms with Gasteiger partial charge in [-0.3, -0.25) is 9.48 Å². The molecule has 0 aromatic carbocycles. The van der Waals surface area contributed by atoms with E-state index in [1.54, 1.807) is 11.8 Å². The highest BCUT2D eigenvalue weighted by Gasteiger charge is 2.20. The van der Waals surface area contributed by atoms with Crippen LogP contribution in [0, 0.1) is 0 Å². The number of rotatable bonds is 6. The SMILES string of the molecule is CCc1cc(C(=O)CCC(C)(C)OC)n(C)n1.